The van der Waals surface area contributed by atoms with Gasteiger partial charge in [0.2, 0.25) is 0 Å². The largest absolute Gasteiger partial charge is 1.00 e. The molecule has 0 fully saturated rings. The van der Waals surface area contributed by atoms with Crippen molar-refractivity contribution in [1.29, 1.82) is 0 Å². The van der Waals surface area contributed by atoms with Crippen LogP contribution in [0, 0.1) is 27.7 Å². The first-order valence-corrected chi connectivity index (χ1v) is 38.6. The summed E-state index contributed by atoms with van der Waals surface area (Å²) < 4.78 is 0. The zero-order chi connectivity index (χ0) is 48.2. The minimum atomic E-state index is 0. The Morgan fingerprint density at radius 1 is 0.329 bits per heavy atom. The van der Waals surface area contributed by atoms with Crippen LogP contribution in [0.15, 0.2) is 191 Å². The molecule has 0 amide bonds. The Morgan fingerprint density at radius 3 is 0.700 bits per heavy atom. The van der Waals surface area contributed by atoms with Crippen molar-refractivity contribution < 1.29 is 71.5 Å². The quantitative estimate of drug-likeness (QED) is 0.122. The number of hydrogen-bond acceptors (Lipinski definition) is 4. The molecule has 0 aliphatic heterocycles. The molecular weight excluding hydrogens is 1160 g/mol. The SMILES string of the molecule is C[Si](C)=[Zr+2].C[Si](C)=[Zr+2].Cc1cc2c(-c3cccs3)cccc2[cH-]1.Cc1cc2c(-c3cccs3)cccc2[cH-]1.Cc1cc2c(-c3cccs3)cccc2[cH-]1.Cc1cc2c(-c3cccs3)cccc2[cH-]1.[Cl-].[Cl-]. The summed E-state index contributed by atoms with van der Waals surface area (Å²) in [7, 11) is 0. The predicted molar refractivity (Wildman–Crippen MR) is 305 cm³/mol. The van der Waals surface area contributed by atoms with E-state index in [0.29, 0.717) is 0 Å². The minimum absolute atomic E-state index is 0. The molecule has 8 aromatic carbocycles. The van der Waals surface area contributed by atoms with Crippen LogP contribution in [-0.4, -0.2) is 10.9 Å². The Morgan fingerprint density at radius 2 is 0.529 bits per heavy atom. The number of rotatable bonds is 4. The van der Waals surface area contributed by atoms with Gasteiger partial charge in [-0.05, 0) is 45.8 Å². The van der Waals surface area contributed by atoms with Gasteiger partial charge in [0.1, 0.15) is 0 Å². The van der Waals surface area contributed by atoms with Crippen molar-refractivity contribution in [1.82, 2.24) is 0 Å². The maximum atomic E-state index is 2.31. The topological polar surface area (TPSA) is 0 Å². The smallest absolute Gasteiger partial charge is 0.0248 e. The molecule has 70 heavy (non-hydrogen) atoms. The van der Waals surface area contributed by atoms with Crippen LogP contribution >= 0.6 is 45.3 Å². The molecule has 0 bridgehead atoms. The van der Waals surface area contributed by atoms with E-state index in [1.807, 2.05) is 0 Å². The average Bonchev–Trinajstić information content (AvgIpc) is 4.15. The van der Waals surface area contributed by atoms with E-state index in [2.05, 4.69) is 245 Å². The number of thiophene rings is 4. The molecule has 0 N–H and O–H groups in total. The van der Waals surface area contributed by atoms with E-state index in [9.17, 15) is 0 Å². The van der Waals surface area contributed by atoms with Gasteiger partial charge in [0.25, 0.3) is 0 Å². The van der Waals surface area contributed by atoms with Gasteiger partial charge in [-0.1, -0.05) is 98.5 Å². The van der Waals surface area contributed by atoms with Crippen LogP contribution in [-0.2, 0) is 46.7 Å². The Labute approximate surface area is 474 Å². The van der Waals surface area contributed by atoms with Crippen LogP contribution in [0.25, 0.3) is 84.9 Å². The van der Waals surface area contributed by atoms with Gasteiger partial charge in [-0.3, -0.25) is 0 Å². The monoisotopic (exact) mass is 1210 g/mol. The number of fused-ring (bicyclic) bond motifs is 4. The van der Waals surface area contributed by atoms with Crippen molar-refractivity contribution in [3.63, 3.8) is 0 Å². The molecule has 0 spiro atoms. The summed E-state index contributed by atoms with van der Waals surface area (Å²) in [5.74, 6) is 0. The Kier molecular flexibility index (Phi) is 23.4. The summed E-state index contributed by atoms with van der Waals surface area (Å²) in [6.07, 6.45) is 0. The summed E-state index contributed by atoms with van der Waals surface area (Å²) in [5.41, 5.74) is 11.2. The van der Waals surface area contributed by atoms with Gasteiger partial charge in [-0.25, -0.2) is 0 Å². The fourth-order valence-corrected chi connectivity index (χ4v) is 11.2. The van der Waals surface area contributed by atoms with Crippen LogP contribution in [0.1, 0.15) is 22.3 Å². The van der Waals surface area contributed by atoms with Crippen molar-refractivity contribution in [3.05, 3.63) is 214 Å². The number of benzene rings is 4. The average molecular weight is 1210 g/mol. The maximum absolute atomic E-state index is 2.31. The molecule has 0 atom stereocenters. The van der Waals surface area contributed by atoms with Gasteiger partial charge in [0.05, 0.1) is 0 Å². The van der Waals surface area contributed by atoms with Crippen molar-refractivity contribution >= 4 is 99.3 Å². The van der Waals surface area contributed by atoms with Crippen LogP contribution in [0.5, 0.6) is 0 Å². The van der Waals surface area contributed by atoms with E-state index < -0.39 is 0 Å². The third-order valence-corrected chi connectivity index (χ3v) is 14.3. The van der Waals surface area contributed by atoms with Crippen molar-refractivity contribution in [2.24, 2.45) is 0 Å². The van der Waals surface area contributed by atoms with Gasteiger partial charge in [0, 0.05) is 19.5 Å². The molecule has 0 radical (unpaired) electrons. The fraction of sp³-hybridized carbons (Fsp3) is 0.133. The van der Waals surface area contributed by atoms with Crippen LogP contribution in [0.3, 0.4) is 0 Å². The third-order valence-electron chi connectivity index (χ3n) is 10.7. The molecule has 0 nitrogen and oxygen atoms in total. The molecule has 12 rings (SSSR count). The summed E-state index contributed by atoms with van der Waals surface area (Å²) in [4.78, 5) is 5.41. The van der Waals surface area contributed by atoms with E-state index in [-0.39, 0.29) is 35.7 Å². The second-order valence-corrected chi connectivity index (χ2v) is 39.8. The van der Waals surface area contributed by atoms with Crippen molar-refractivity contribution in [3.8, 4) is 41.8 Å². The third kappa shape index (κ3) is 15.9. The molecule has 12 aromatic rings. The molecule has 0 aliphatic rings. The molecule has 0 saturated heterocycles. The zero-order valence-corrected chi connectivity index (χ0v) is 52.6. The van der Waals surface area contributed by atoms with Gasteiger partial charge in [-0.15, -0.1) is 183 Å². The first kappa shape index (κ1) is 57.8. The van der Waals surface area contributed by atoms with Gasteiger partial charge in [-0.2, -0.15) is 24.3 Å². The molecule has 4 heterocycles. The normalized spacial score (nSPS) is 10.2. The number of aryl methyl sites for hydroxylation is 4. The molecule has 4 aromatic heterocycles. The Hall–Kier alpha value is -3.10. The molecule has 10 heteroatoms. The van der Waals surface area contributed by atoms with Gasteiger partial charge in [0.15, 0.2) is 0 Å². The Bertz CT molecular complexity index is 3010. The Balaban J connectivity index is 0.000000164. The van der Waals surface area contributed by atoms with E-state index in [4.69, 9.17) is 0 Å². The molecule has 0 aliphatic carbocycles. The standard InChI is InChI=1S/4C14H11S.2C2H6Si.2ClH.2Zr/c4*1-10-8-11-4-2-5-12(13(11)9-10)14-6-3-7-15-14;2*1-3-2;;;;/h4*2-9H,1H3;2*1-2H3;2*1H;;/q4*-1;;;;;2*+2/p-2. The molecule has 0 unspecified atom stereocenters. The van der Waals surface area contributed by atoms with E-state index in [1.165, 1.54) is 107 Å². The van der Waals surface area contributed by atoms with Gasteiger partial charge >= 0.3 is 83.7 Å². The molecule has 352 valence electrons. The molecular formula is C60H56Cl2S4Si2Zr2-2. The predicted octanol–water partition coefficient (Wildman–Crippen LogP) is 14.0. The van der Waals surface area contributed by atoms with Crippen LogP contribution < -0.4 is 24.8 Å². The zero-order valence-electron chi connectivity index (χ0n) is 40.9. The fourth-order valence-electron chi connectivity index (χ4n) is 8.13. The summed E-state index contributed by atoms with van der Waals surface area (Å²) >= 11 is 10.7. The summed E-state index contributed by atoms with van der Waals surface area (Å²) in [6.45, 7) is 17.8. The second kappa shape index (κ2) is 28.4. The van der Waals surface area contributed by atoms with E-state index in [1.54, 1.807) is 92.0 Å². The van der Waals surface area contributed by atoms with Gasteiger partial charge < -0.3 is 24.8 Å². The van der Waals surface area contributed by atoms with Crippen LogP contribution in [0.2, 0.25) is 26.2 Å². The van der Waals surface area contributed by atoms with Crippen molar-refractivity contribution in [2.45, 2.75) is 53.9 Å². The van der Waals surface area contributed by atoms with Crippen LogP contribution in [0.4, 0.5) is 0 Å². The minimum Gasteiger partial charge on any atom is -1.00 e. The molecule has 0 saturated carbocycles. The van der Waals surface area contributed by atoms with Crippen molar-refractivity contribution in [2.75, 3.05) is 0 Å². The first-order valence-electron chi connectivity index (χ1n) is 22.7. The maximum Gasteiger partial charge on any atom is 0.0248 e. The van der Waals surface area contributed by atoms with E-state index >= 15 is 0 Å². The summed E-state index contributed by atoms with van der Waals surface area (Å²) in [6, 6.07) is 61.3. The number of hydrogen-bond donors (Lipinski definition) is 0. The summed E-state index contributed by atoms with van der Waals surface area (Å²) in [5, 5.41) is 19.4. The van der Waals surface area contributed by atoms with E-state index in [0.717, 1.165) is 0 Å². The number of halogens is 2. The first-order chi connectivity index (χ1) is 32.8. The second-order valence-electron chi connectivity index (χ2n) is 17.3.